The van der Waals surface area contributed by atoms with Gasteiger partial charge in [-0.3, -0.25) is 0 Å². The summed E-state index contributed by atoms with van der Waals surface area (Å²) in [6.07, 6.45) is 5.18. The molecule has 0 fully saturated rings. The lowest BCUT2D eigenvalue weighted by atomic mass is 10.2. The third kappa shape index (κ3) is 2.55. The van der Waals surface area contributed by atoms with Crippen molar-refractivity contribution >= 4 is 10.9 Å². The fourth-order valence-electron chi connectivity index (χ4n) is 1.69. The number of para-hydroxylation sites is 1. The number of nitrogens with zero attached hydrogens (tertiary/aromatic N) is 1. The third-order valence-electron chi connectivity index (χ3n) is 2.49. The maximum atomic E-state index is 5.29. The minimum atomic E-state index is 0.547. The Labute approximate surface area is 101 Å². The van der Waals surface area contributed by atoms with E-state index in [1.807, 2.05) is 30.3 Å². The molecule has 1 aromatic heterocycles. The minimum Gasteiger partial charge on any atom is -0.494 e. The number of fused-ring (bicyclic) bond motifs is 1. The molecule has 0 radical (unpaired) electrons. The molecule has 0 saturated heterocycles. The average Bonchev–Trinajstić information content (AvgIpc) is 2.38. The number of rotatable bonds is 4. The number of benzene rings is 1. The number of nitrogens with one attached hydrogen (secondary N) is 1. The molecule has 1 heterocycles. The number of ether oxygens (including phenoxy) is 1. The first-order valence-corrected chi connectivity index (χ1v) is 5.42. The van der Waals surface area contributed by atoms with Gasteiger partial charge in [-0.1, -0.05) is 24.1 Å². The van der Waals surface area contributed by atoms with Gasteiger partial charge in [0.15, 0.2) is 0 Å². The Balaban J connectivity index is 2.32. The number of hydrogen-bond donors (Lipinski definition) is 1. The van der Waals surface area contributed by atoms with Crippen molar-refractivity contribution < 1.29 is 4.74 Å². The van der Waals surface area contributed by atoms with Crippen LogP contribution in [0.4, 0.5) is 0 Å². The molecule has 0 bridgehead atoms. The van der Waals surface area contributed by atoms with Crippen molar-refractivity contribution in [1.29, 1.82) is 0 Å². The zero-order chi connectivity index (χ0) is 12.1. The van der Waals surface area contributed by atoms with E-state index in [2.05, 4.69) is 16.2 Å². The second-order valence-corrected chi connectivity index (χ2v) is 3.64. The van der Waals surface area contributed by atoms with Crippen LogP contribution in [-0.4, -0.2) is 18.6 Å². The van der Waals surface area contributed by atoms with Gasteiger partial charge < -0.3 is 10.1 Å². The van der Waals surface area contributed by atoms with Crippen LogP contribution < -0.4 is 10.1 Å². The number of aromatic nitrogens is 1. The van der Waals surface area contributed by atoms with Gasteiger partial charge in [-0.05, 0) is 12.1 Å². The molecule has 86 valence electrons. The van der Waals surface area contributed by atoms with Crippen LogP contribution in [0.3, 0.4) is 0 Å². The minimum absolute atomic E-state index is 0.547. The average molecular weight is 226 g/mol. The summed E-state index contributed by atoms with van der Waals surface area (Å²) in [5, 5.41) is 4.19. The Morgan fingerprint density at radius 1 is 1.35 bits per heavy atom. The number of terminal acetylenes is 1. The van der Waals surface area contributed by atoms with Crippen LogP contribution >= 0.6 is 0 Å². The first-order chi connectivity index (χ1) is 8.35. The van der Waals surface area contributed by atoms with Crippen molar-refractivity contribution in [2.45, 2.75) is 6.54 Å². The zero-order valence-corrected chi connectivity index (χ0v) is 9.73. The molecule has 0 aliphatic heterocycles. The predicted molar refractivity (Wildman–Crippen MR) is 68.8 cm³/mol. The molecule has 0 spiro atoms. The highest BCUT2D eigenvalue weighted by Crippen LogP contribution is 2.23. The molecular weight excluding hydrogens is 212 g/mol. The molecule has 17 heavy (non-hydrogen) atoms. The molecule has 0 unspecified atom stereocenters. The van der Waals surface area contributed by atoms with E-state index in [1.165, 1.54) is 0 Å². The molecule has 0 atom stereocenters. The van der Waals surface area contributed by atoms with E-state index in [0.717, 1.165) is 22.3 Å². The SMILES string of the molecule is C#CCNCc1ccc2cccc(OC)c2n1. The highest BCUT2D eigenvalue weighted by Gasteiger charge is 2.03. The van der Waals surface area contributed by atoms with E-state index in [9.17, 15) is 0 Å². The van der Waals surface area contributed by atoms with E-state index in [4.69, 9.17) is 11.2 Å². The number of pyridine rings is 1. The molecule has 2 aromatic rings. The van der Waals surface area contributed by atoms with Crippen molar-refractivity contribution in [3.8, 4) is 18.1 Å². The summed E-state index contributed by atoms with van der Waals surface area (Å²) in [5.74, 6) is 3.33. The number of hydrogen-bond acceptors (Lipinski definition) is 3. The maximum Gasteiger partial charge on any atom is 0.145 e. The van der Waals surface area contributed by atoms with Crippen molar-refractivity contribution in [3.05, 3.63) is 36.0 Å². The molecule has 0 saturated carbocycles. The molecule has 0 aliphatic carbocycles. The lowest BCUT2D eigenvalue weighted by Gasteiger charge is -2.06. The smallest absolute Gasteiger partial charge is 0.145 e. The first kappa shape index (κ1) is 11.4. The molecule has 3 heteroatoms. The van der Waals surface area contributed by atoms with Crippen LogP contribution in [-0.2, 0) is 6.54 Å². The third-order valence-corrected chi connectivity index (χ3v) is 2.49. The second kappa shape index (κ2) is 5.33. The van der Waals surface area contributed by atoms with Crippen LogP contribution in [0.1, 0.15) is 5.69 Å². The first-order valence-electron chi connectivity index (χ1n) is 5.42. The molecule has 0 aliphatic rings. The Kier molecular flexibility index (Phi) is 3.59. The highest BCUT2D eigenvalue weighted by molar-refractivity contribution is 5.84. The summed E-state index contributed by atoms with van der Waals surface area (Å²) < 4.78 is 5.29. The van der Waals surface area contributed by atoms with Crippen molar-refractivity contribution in [2.24, 2.45) is 0 Å². The lowest BCUT2D eigenvalue weighted by molar-refractivity contribution is 0.419. The summed E-state index contributed by atoms with van der Waals surface area (Å²) in [4.78, 5) is 4.56. The summed E-state index contributed by atoms with van der Waals surface area (Å²) in [6.45, 7) is 1.21. The van der Waals surface area contributed by atoms with E-state index in [-0.39, 0.29) is 0 Å². The molecule has 1 aromatic carbocycles. The van der Waals surface area contributed by atoms with Gasteiger partial charge in [0.2, 0.25) is 0 Å². The number of methoxy groups -OCH3 is 1. The fourth-order valence-corrected chi connectivity index (χ4v) is 1.69. The van der Waals surface area contributed by atoms with Gasteiger partial charge >= 0.3 is 0 Å². The quantitative estimate of drug-likeness (QED) is 0.639. The molecule has 3 nitrogen and oxygen atoms in total. The van der Waals surface area contributed by atoms with Crippen LogP contribution in [0, 0.1) is 12.3 Å². The maximum absolute atomic E-state index is 5.29. The van der Waals surface area contributed by atoms with E-state index < -0.39 is 0 Å². The standard InChI is InChI=1S/C14H14N2O/c1-3-9-15-10-12-8-7-11-5-4-6-13(17-2)14(11)16-12/h1,4-8,15H,9-10H2,2H3. The summed E-state index contributed by atoms with van der Waals surface area (Å²) in [7, 11) is 1.65. The Bertz CT molecular complexity index is 558. The predicted octanol–water partition coefficient (Wildman–Crippen LogP) is 1.97. The summed E-state index contributed by atoms with van der Waals surface area (Å²) in [5.41, 5.74) is 1.84. The van der Waals surface area contributed by atoms with Gasteiger partial charge in [0, 0.05) is 11.9 Å². The molecular formula is C14H14N2O. The molecule has 2 rings (SSSR count). The van der Waals surface area contributed by atoms with Crippen molar-refractivity contribution in [1.82, 2.24) is 10.3 Å². The zero-order valence-electron chi connectivity index (χ0n) is 9.73. The normalized spacial score (nSPS) is 10.1. The van der Waals surface area contributed by atoms with Gasteiger partial charge in [-0.25, -0.2) is 4.98 Å². The second-order valence-electron chi connectivity index (χ2n) is 3.64. The fraction of sp³-hybridized carbons (Fsp3) is 0.214. The highest BCUT2D eigenvalue weighted by atomic mass is 16.5. The van der Waals surface area contributed by atoms with Crippen molar-refractivity contribution in [3.63, 3.8) is 0 Å². The largest absolute Gasteiger partial charge is 0.494 e. The monoisotopic (exact) mass is 226 g/mol. The summed E-state index contributed by atoms with van der Waals surface area (Å²) >= 11 is 0. The molecule has 0 amide bonds. The van der Waals surface area contributed by atoms with E-state index in [1.54, 1.807) is 7.11 Å². The van der Waals surface area contributed by atoms with Crippen LogP contribution in [0.25, 0.3) is 10.9 Å². The van der Waals surface area contributed by atoms with Gasteiger partial charge in [0.25, 0.3) is 0 Å². The van der Waals surface area contributed by atoms with Gasteiger partial charge in [-0.2, -0.15) is 0 Å². The van der Waals surface area contributed by atoms with Crippen LogP contribution in [0.5, 0.6) is 5.75 Å². The Hall–Kier alpha value is -2.05. The van der Waals surface area contributed by atoms with Gasteiger partial charge in [0.05, 0.1) is 19.3 Å². The Morgan fingerprint density at radius 2 is 2.24 bits per heavy atom. The van der Waals surface area contributed by atoms with Crippen molar-refractivity contribution in [2.75, 3.05) is 13.7 Å². The van der Waals surface area contributed by atoms with E-state index >= 15 is 0 Å². The lowest BCUT2D eigenvalue weighted by Crippen LogP contribution is -2.14. The van der Waals surface area contributed by atoms with E-state index in [0.29, 0.717) is 13.1 Å². The Morgan fingerprint density at radius 3 is 3.00 bits per heavy atom. The van der Waals surface area contributed by atoms with Gasteiger partial charge in [-0.15, -0.1) is 6.42 Å². The topological polar surface area (TPSA) is 34.1 Å². The van der Waals surface area contributed by atoms with Crippen LogP contribution in [0.2, 0.25) is 0 Å². The molecule has 1 N–H and O–H groups in total. The van der Waals surface area contributed by atoms with Gasteiger partial charge in [0.1, 0.15) is 11.3 Å². The van der Waals surface area contributed by atoms with Crippen LogP contribution in [0.15, 0.2) is 30.3 Å². The summed E-state index contributed by atoms with van der Waals surface area (Å²) in [6, 6.07) is 9.92.